The first-order valence-corrected chi connectivity index (χ1v) is 5.67. The van der Waals surface area contributed by atoms with Gasteiger partial charge in [-0.05, 0) is 12.1 Å². The second-order valence-electron chi connectivity index (χ2n) is 3.15. The summed E-state index contributed by atoms with van der Waals surface area (Å²) < 4.78 is 6.81. The fraction of sp³-hybridized carbons (Fsp3) is 0.0909. The Balaban J connectivity index is 2.53. The van der Waals surface area contributed by atoms with Crippen molar-refractivity contribution in [1.29, 1.82) is 0 Å². The maximum atomic E-state index is 10.6. The molecule has 0 aliphatic heterocycles. The lowest BCUT2D eigenvalue weighted by molar-refractivity contribution is 0.204. The summed E-state index contributed by atoms with van der Waals surface area (Å²) in [4.78, 5) is 14.5. The summed E-state index contributed by atoms with van der Waals surface area (Å²) in [7, 11) is 1.58. The van der Waals surface area contributed by atoms with Crippen molar-refractivity contribution in [1.82, 2.24) is 4.57 Å². The van der Waals surface area contributed by atoms with Gasteiger partial charge in [0.2, 0.25) is 4.80 Å². The molecule has 0 aliphatic rings. The van der Waals surface area contributed by atoms with E-state index in [0.29, 0.717) is 10.6 Å². The monoisotopic (exact) mass is 250 g/mol. The van der Waals surface area contributed by atoms with Crippen molar-refractivity contribution in [2.75, 3.05) is 7.11 Å². The van der Waals surface area contributed by atoms with E-state index in [2.05, 4.69) is 4.99 Å². The lowest BCUT2D eigenvalue weighted by Crippen LogP contribution is -2.13. The van der Waals surface area contributed by atoms with Gasteiger partial charge in [-0.25, -0.2) is 4.79 Å². The van der Waals surface area contributed by atoms with Gasteiger partial charge in [0.1, 0.15) is 5.75 Å². The number of rotatable bonds is 2. The molecule has 0 aliphatic carbocycles. The van der Waals surface area contributed by atoms with Crippen LogP contribution in [0.4, 0.5) is 4.79 Å². The maximum absolute atomic E-state index is 10.6. The van der Waals surface area contributed by atoms with Crippen LogP contribution in [-0.2, 0) is 0 Å². The van der Waals surface area contributed by atoms with Crippen LogP contribution in [0.1, 0.15) is 0 Å². The zero-order valence-corrected chi connectivity index (χ0v) is 9.85. The Bertz CT molecular complexity index is 601. The van der Waals surface area contributed by atoms with Crippen LogP contribution >= 0.6 is 11.3 Å². The summed E-state index contributed by atoms with van der Waals surface area (Å²) in [5.74, 6) is 0.711. The Kier molecular flexibility index (Phi) is 3.24. The SMILES string of the molecule is COc1cccc(-n2ccsc2=NC(=O)O)c1. The first-order chi connectivity index (χ1) is 8.20. The molecule has 1 heterocycles. The molecule has 1 N–H and O–H groups in total. The van der Waals surface area contributed by atoms with Crippen LogP contribution in [0.2, 0.25) is 0 Å². The number of aromatic nitrogens is 1. The van der Waals surface area contributed by atoms with E-state index in [9.17, 15) is 4.79 Å². The molecule has 17 heavy (non-hydrogen) atoms. The van der Waals surface area contributed by atoms with E-state index < -0.39 is 6.09 Å². The van der Waals surface area contributed by atoms with Crippen molar-refractivity contribution in [3.05, 3.63) is 40.6 Å². The molecule has 0 fully saturated rings. The Morgan fingerprint density at radius 1 is 1.53 bits per heavy atom. The molecule has 1 aromatic carbocycles. The molecular weight excluding hydrogens is 240 g/mol. The highest BCUT2D eigenvalue weighted by atomic mass is 32.1. The van der Waals surface area contributed by atoms with Crippen LogP contribution in [-0.4, -0.2) is 22.9 Å². The summed E-state index contributed by atoms with van der Waals surface area (Å²) in [5, 5.41) is 10.4. The van der Waals surface area contributed by atoms with E-state index in [0.717, 1.165) is 5.69 Å². The molecule has 88 valence electrons. The lowest BCUT2D eigenvalue weighted by atomic mass is 10.3. The summed E-state index contributed by atoms with van der Waals surface area (Å²) in [5.41, 5.74) is 0.811. The average Bonchev–Trinajstić information content (AvgIpc) is 2.76. The van der Waals surface area contributed by atoms with Gasteiger partial charge in [0.25, 0.3) is 0 Å². The number of methoxy groups -OCH3 is 1. The van der Waals surface area contributed by atoms with Crippen LogP contribution in [0, 0.1) is 0 Å². The molecule has 5 nitrogen and oxygen atoms in total. The highest BCUT2D eigenvalue weighted by molar-refractivity contribution is 7.07. The number of benzene rings is 1. The molecule has 0 atom stereocenters. The van der Waals surface area contributed by atoms with Crippen molar-refractivity contribution in [2.45, 2.75) is 0 Å². The van der Waals surface area contributed by atoms with Crippen LogP contribution in [0.25, 0.3) is 5.69 Å². The average molecular weight is 250 g/mol. The molecule has 2 aromatic rings. The van der Waals surface area contributed by atoms with Crippen molar-refractivity contribution in [3.8, 4) is 11.4 Å². The summed E-state index contributed by atoms with van der Waals surface area (Å²) >= 11 is 1.26. The molecular formula is C11H10N2O3S. The van der Waals surface area contributed by atoms with Gasteiger partial charge >= 0.3 is 6.09 Å². The number of hydrogen-bond donors (Lipinski definition) is 1. The zero-order valence-electron chi connectivity index (χ0n) is 9.03. The van der Waals surface area contributed by atoms with E-state index in [1.807, 2.05) is 24.3 Å². The van der Waals surface area contributed by atoms with Gasteiger partial charge in [-0.1, -0.05) is 6.07 Å². The minimum absolute atomic E-state index is 0.408. The van der Waals surface area contributed by atoms with E-state index in [1.165, 1.54) is 11.3 Å². The highest BCUT2D eigenvalue weighted by Gasteiger charge is 2.02. The largest absolute Gasteiger partial charge is 0.497 e. The summed E-state index contributed by atoms with van der Waals surface area (Å²) in [6.45, 7) is 0. The van der Waals surface area contributed by atoms with E-state index >= 15 is 0 Å². The van der Waals surface area contributed by atoms with Gasteiger partial charge in [-0.2, -0.15) is 0 Å². The molecule has 0 unspecified atom stereocenters. The minimum atomic E-state index is -1.20. The first kappa shape index (κ1) is 11.4. The normalized spacial score (nSPS) is 11.5. The predicted molar refractivity (Wildman–Crippen MR) is 63.8 cm³/mol. The molecule has 2 rings (SSSR count). The van der Waals surface area contributed by atoms with E-state index in [-0.39, 0.29) is 0 Å². The highest BCUT2D eigenvalue weighted by Crippen LogP contribution is 2.15. The number of nitrogens with zero attached hydrogens (tertiary/aromatic N) is 2. The molecule has 1 amide bonds. The topological polar surface area (TPSA) is 63.8 Å². The smallest absolute Gasteiger partial charge is 0.433 e. The van der Waals surface area contributed by atoms with Crippen LogP contribution in [0.5, 0.6) is 5.75 Å². The minimum Gasteiger partial charge on any atom is -0.497 e. The fourth-order valence-corrected chi connectivity index (χ4v) is 2.11. The first-order valence-electron chi connectivity index (χ1n) is 4.79. The number of ether oxygens (including phenoxy) is 1. The number of carbonyl (C=O) groups is 1. The number of carboxylic acid groups (broad SMARTS) is 1. The Hall–Kier alpha value is -2.08. The zero-order chi connectivity index (χ0) is 12.3. The van der Waals surface area contributed by atoms with Crippen molar-refractivity contribution in [3.63, 3.8) is 0 Å². The third-order valence-electron chi connectivity index (χ3n) is 2.11. The molecule has 0 spiro atoms. The third-order valence-corrected chi connectivity index (χ3v) is 2.87. The second-order valence-corrected chi connectivity index (χ2v) is 4.02. The fourth-order valence-electron chi connectivity index (χ4n) is 1.39. The summed E-state index contributed by atoms with van der Waals surface area (Å²) in [6.07, 6.45) is 0.561. The molecule has 0 saturated heterocycles. The Morgan fingerprint density at radius 3 is 3.06 bits per heavy atom. The van der Waals surface area contributed by atoms with Crippen molar-refractivity contribution < 1.29 is 14.6 Å². The molecule has 6 heteroatoms. The van der Waals surface area contributed by atoms with Gasteiger partial charge < -0.3 is 9.84 Å². The molecule has 0 radical (unpaired) electrons. The van der Waals surface area contributed by atoms with Gasteiger partial charge in [-0.15, -0.1) is 16.3 Å². The van der Waals surface area contributed by atoms with Crippen LogP contribution < -0.4 is 9.54 Å². The quantitative estimate of drug-likeness (QED) is 0.888. The van der Waals surface area contributed by atoms with Gasteiger partial charge in [0.05, 0.1) is 12.8 Å². The number of amides is 1. The molecule has 0 bridgehead atoms. The van der Waals surface area contributed by atoms with Crippen molar-refractivity contribution in [2.24, 2.45) is 4.99 Å². The van der Waals surface area contributed by atoms with Gasteiger partial charge in [0.15, 0.2) is 0 Å². The van der Waals surface area contributed by atoms with Crippen LogP contribution in [0.3, 0.4) is 0 Å². The number of hydrogen-bond acceptors (Lipinski definition) is 3. The Labute approximate surface area is 101 Å². The Morgan fingerprint density at radius 2 is 2.35 bits per heavy atom. The number of thiazole rings is 1. The summed E-state index contributed by atoms with van der Waals surface area (Å²) in [6, 6.07) is 7.33. The van der Waals surface area contributed by atoms with E-state index in [1.54, 1.807) is 23.3 Å². The molecule has 1 aromatic heterocycles. The molecule has 0 saturated carbocycles. The maximum Gasteiger partial charge on any atom is 0.433 e. The van der Waals surface area contributed by atoms with Gasteiger partial charge in [0, 0.05) is 17.6 Å². The standard InChI is InChI=1S/C11H10N2O3S/c1-16-9-4-2-3-8(7-9)13-5-6-17-10(13)12-11(14)15/h2-7H,1H3,(H,14,15). The van der Waals surface area contributed by atoms with Crippen molar-refractivity contribution >= 4 is 17.4 Å². The lowest BCUT2D eigenvalue weighted by Gasteiger charge is -2.04. The van der Waals surface area contributed by atoms with Crippen LogP contribution in [0.15, 0.2) is 40.8 Å². The van der Waals surface area contributed by atoms with Gasteiger partial charge in [-0.3, -0.25) is 4.57 Å². The predicted octanol–water partition coefficient (Wildman–Crippen LogP) is 2.13. The van der Waals surface area contributed by atoms with E-state index in [4.69, 9.17) is 9.84 Å². The third kappa shape index (κ3) is 2.54. The second kappa shape index (κ2) is 4.84.